The van der Waals surface area contributed by atoms with Crippen LogP contribution >= 0.6 is 11.3 Å². The average molecular weight is 233 g/mol. The molecule has 1 atom stereocenters. The van der Waals surface area contributed by atoms with Crippen molar-refractivity contribution in [1.82, 2.24) is 15.3 Å². The lowest BCUT2D eigenvalue weighted by atomic mass is 10.0. The topological polar surface area (TPSA) is 37.8 Å². The molecule has 1 unspecified atom stereocenters. The van der Waals surface area contributed by atoms with E-state index in [4.69, 9.17) is 0 Å². The van der Waals surface area contributed by atoms with Crippen molar-refractivity contribution in [2.24, 2.45) is 0 Å². The van der Waals surface area contributed by atoms with Gasteiger partial charge in [0.2, 0.25) is 0 Å². The number of rotatable bonds is 4. The number of aryl methyl sites for hydroxylation is 1. The summed E-state index contributed by atoms with van der Waals surface area (Å²) in [5, 5.41) is 3.32. The molecule has 0 radical (unpaired) electrons. The molecule has 0 saturated carbocycles. The highest BCUT2D eigenvalue weighted by Gasteiger charge is 2.11. The number of likely N-dealkylation sites (N-methyl/N-ethyl adjacent to an activating group) is 1. The van der Waals surface area contributed by atoms with Gasteiger partial charge in [-0.15, -0.1) is 11.3 Å². The number of aromatic nitrogens is 2. The van der Waals surface area contributed by atoms with Gasteiger partial charge in [-0.25, -0.2) is 0 Å². The molecule has 16 heavy (non-hydrogen) atoms. The summed E-state index contributed by atoms with van der Waals surface area (Å²) in [5.41, 5.74) is 4.30. The van der Waals surface area contributed by atoms with Crippen molar-refractivity contribution >= 4 is 11.3 Å². The SMILES string of the molecule is CNC(Cc1cncs1)c1cncc(C)c1. The Hall–Kier alpha value is -1.26. The smallest absolute Gasteiger partial charge is 0.0794 e. The van der Waals surface area contributed by atoms with Crippen molar-refractivity contribution in [3.63, 3.8) is 0 Å². The fourth-order valence-corrected chi connectivity index (χ4v) is 2.34. The molecule has 0 aliphatic heterocycles. The number of nitrogens with zero attached hydrogens (tertiary/aromatic N) is 2. The van der Waals surface area contributed by atoms with E-state index in [1.807, 2.05) is 31.1 Å². The van der Waals surface area contributed by atoms with E-state index in [1.54, 1.807) is 11.3 Å². The number of hydrogen-bond donors (Lipinski definition) is 1. The first-order valence-electron chi connectivity index (χ1n) is 5.26. The summed E-state index contributed by atoms with van der Waals surface area (Å²) in [5.74, 6) is 0. The quantitative estimate of drug-likeness (QED) is 0.881. The van der Waals surface area contributed by atoms with Crippen LogP contribution in [0.25, 0.3) is 0 Å². The molecule has 0 aliphatic rings. The Morgan fingerprint density at radius 1 is 1.31 bits per heavy atom. The monoisotopic (exact) mass is 233 g/mol. The van der Waals surface area contributed by atoms with Crippen molar-refractivity contribution in [1.29, 1.82) is 0 Å². The molecule has 4 heteroatoms. The van der Waals surface area contributed by atoms with Gasteiger partial charge in [0.1, 0.15) is 0 Å². The van der Waals surface area contributed by atoms with Crippen LogP contribution in [0.2, 0.25) is 0 Å². The van der Waals surface area contributed by atoms with Crippen LogP contribution in [0.3, 0.4) is 0 Å². The van der Waals surface area contributed by atoms with Gasteiger partial charge in [0.25, 0.3) is 0 Å². The first-order chi connectivity index (χ1) is 7.79. The maximum atomic E-state index is 4.23. The molecule has 2 heterocycles. The van der Waals surface area contributed by atoms with Gasteiger partial charge in [-0.3, -0.25) is 9.97 Å². The zero-order valence-electron chi connectivity index (χ0n) is 9.47. The predicted octanol–water partition coefficient (Wildman–Crippen LogP) is 2.35. The van der Waals surface area contributed by atoms with Crippen molar-refractivity contribution in [3.8, 4) is 0 Å². The van der Waals surface area contributed by atoms with E-state index in [0.29, 0.717) is 6.04 Å². The van der Waals surface area contributed by atoms with E-state index in [0.717, 1.165) is 6.42 Å². The highest BCUT2D eigenvalue weighted by Crippen LogP contribution is 2.20. The fraction of sp³-hybridized carbons (Fsp3) is 0.333. The lowest BCUT2D eigenvalue weighted by molar-refractivity contribution is 0.593. The van der Waals surface area contributed by atoms with Gasteiger partial charge in [-0.1, -0.05) is 6.07 Å². The lowest BCUT2D eigenvalue weighted by Crippen LogP contribution is -2.18. The van der Waals surface area contributed by atoms with Gasteiger partial charge < -0.3 is 5.32 Å². The van der Waals surface area contributed by atoms with E-state index in [-0.39, 0.29) is 0 Å². The Labute approximate surface area is 99.6 Å². The van der Waals surface area contributed by atoms with Crippen LogP contribution in [-0.2, 0) is 6.42 Å². The maximum absolute atomic E-state index is 4.23. The van der Waals surface area contributed by atoms with E-state index < -0.39 is 0 Å². The number of hydrogen-bond acceptors (Lipinski definition) is 4. The molecule has 0 spiro atoms. The molecule has 3 nitrogen and oxygen atoms in total. The highest BCUT2D eigenvalue weighted by molar-refractivity contribution is 7.09. The number of thiazole rings is 1. The van der Waals surface area contributed by atoms with Crippen LogP contribution in [0.4, 0.5) is 0 Å². The average Bonchev–Trinajstić information content (AvgIpc) is 2.78. The van der Waals surface area contributed by atoms with Crippen molar-refractivity contribution in [2.75, 3.05) is 7.05 Å². The summed E-state index contributed by atoms with van der Waals surface area (Å²) in [6.07, 6.45) is 6.70. The van der Waals surface area contributed by atoms with Gasteiger partial charge in [0, 0.05) is 35.9 Å². The Kier molecular flexibility index (Phi) is 3.64. The van der Waals surface area contributed by atoms with Crippen molar-refractivity contribution in [3.05, 3.63) is 46.2 Å². The molecule has 0 amide bonds. The molecule has 1 N–H and O–H groups in total. The van der Waals surface area contributed by atoms with Gasteiger partial charge in [-0.05, 0) is 25.1 Å². The third-order valence-electron chi connectivity index (χ3n) is 2.54. The largest absolute Gasteiger partial charge is 0.313 e. The minimum Gasteiger partial charge on any atom is -0.313 e. The minimum atomic E-state index is 0.313. The van der Waals surface area contributed by atoms with Crippen LogP contribution < -0.4 is 5.32 Å². The summed E-state index contributed by atoms with van der Waals surface area (Å²) >= 11 is 1.69. The first-order valence-corrected chi connectivity index (χ1v) is 6.13. The molecule has 0 aromatic carbocycles. The second-order valence-corrected chi connectivity index (χ2v) is 4.78. The molecule has 0 fully saturated rings. The van der Waals surface area contributed by atoms with Crippen molar-refractivity contribution < 1.29 is 0 Å². The second-order valence-electron chi connectivity index (χ2n) is 3.81. The zero-order chi connectivity index (χ0) is 11.4. The maximum Gasteiger partial charge on any atom is 0.0794 e. The van der Waals surface area contributed by atoms with Crippen LogP contribution in [0.15, 0.2) is 30.2 Å². The molecule has 0 bridgehead atoms. The highest BCUT2D eigenvalue weighted by atomic mass is 32.1. The predicted molar refractivity (Wildman–Crippen MR) is 66.6 cm³/mol. The molecule has 2 rings (SSSR count). The summed E-state index contributed by atoms with van der Waals surface area (Å²) in [7, 11) is 1.98. The van der Waals surface area contributed by atoms with Gasteiger partial charge >= 0.3 is 0 Å². The van der Waals surface area contributed by atoms with Crippen LogP contribution in [-0.4, -0.2) is 17.0 Å². The summed E-state index contributed by atoms with van der Waals surface area (Å²) in [4.78, 5) is 9.62. The Morgan fingerprint density at radius 3 is 2.81 bits per heavy atom. The summed E-state index contributed by atoms with van der Waals surface area (Å²) in [6, 6.07) is 2.49. The standard InChI is InChI=1S/C12H15N3S/c1-9-3-10(6-14-5-9)12(13-2)4-11-7-15-8-16-11/h3,5-8,12-13H,4H2,1-2H3. The van der Waals surface area contributed by atoms with E-state index in [1.165, 1.54) is 16.0 Å². The Bertz CT molecular complexity index is 439. The lowest BCUT2D eigenvalue weighted by Gasteiger charge is -2.15. The number of nitrogens with one attached hydrogen (secondary N) is 1. The second kappa shape index (κ2) is 5.18. The molecule has 2 aromatic rings. The van der Waals surface area contributed by atoms with E-state index >= 15 is 0 Å². The van der Waals surface area contributed by atoms with Gasteiger partial charge in [-0.2, -0.15) is 0 Å². The molecule has 2 aromatic heterocycles. The summed E-state index contributed by atoms with van der Waals surface area (Å²) < 4.78 is 0. The van der Waals surface area contributed by atoms with E-state index in [2.05, 4.69) is 28.3 Å². The molecule has 0 aliphatic carbocycles. The molecule has 0 saturated heterocycles. The first kappa shape index (κ1) is 11.2. The Morgan fingerprint density at radius 2 is 2.19 bits per heavy atom. The van der Waals surface area contributed by atoms with E-state index in [9.17, 15) is 0 Å². The fourth-order valence-electron chi connectivity index (χ4n) is 1.70. The molecule has 84 valence electrons. The molecular weight excluding hydrogens is 218 g/mol. The minimum absolute atomic E-state index is 0.313. The third-order valence-corrected chi connectivity index (χ3v) is 3.34. The van der Waals surface area contributed by atoms with Crippen molar-refractivity contribution in [2.45, 2.75) is 19.4 Å². The van der Waals surface area contributed by atoms with Crippen LogP contribution in [0, 0.1) is 6.92 Å². The van der Waals surface area contributed by atoms with Gasteiger partial charge in [0.05, 0.1) is 5.51 Å². The Balaban J connectivity index is 2.16. The normalized spacial score (nSPS) is 12.6. The number of pyridine rings is 1. The van der Waals surface area contributed by atoms with Gasteiger partial charge in [0.15, 0.2) is 0 Å². The zero-order valence-corrected chi connectivity index (χ0v) is 10.3. The third kappa shape index (κ3) is 2.65. The van der Waals surface area contributed by atoms with Crippen LogP contribution in [0.1, 0.15) is 22.0 Å². The summed E-state index contributed by atoms with van der Waals surface area (Å²) in [6.45, 7) is 2.07. The van der Waals surface area contributed by atoms with Crippen LogP contribution in [0.5, 0.6) is 0 Å². The molecular formula is C12H15N3S.